The summed E-state index contributed by atoms with van der Waals surface area (Å²) < 4.78 is 18.8. The number of aryl methyl sites for hydroxylation is 1. The van der Waals surface area contributed by atoms with Crippen LogP contribution < -0.4 is 10.2 Å². The summed E-state index contributed by atoms with van der Waals surface area (Å²) in [6.07, 6.45) is 3.10. The molecule has 0 radical (unpaired) electrons. The largest absolute Gasteiger partial charge is 0.355 e. The van der Waals surface area contributed by atoms with E-state index in [1.165, 1.54) is 18.5 Å². The second kappa shape index (κ2) is 8.37. The average Bonchev–Trinajstić information content (AvgIpc) is 3.25. The van der Waals surface area contributed by atoms with Crippen LogP contribution in [0.5, 0.6) is 0 Å². The number of anilines is 2. The summed E-state index contributed by atoms with van der Waals surface area (Å²) in [6, 6.07) is 13.8. The summed E-state index contributed by atoms with van der Waals surface area (Å²) >= 11 is 0. The second-order valence-electron chi connectivity index (χ2n) is 8.00. The van der Waals surface area contributed by atoms with Gasteiger partial charge in [-0.15, -0.1) is 0 Å². The monoisotopic (exact) mass is 431 g/mol. The summed E-state index contributed by atoms with van der Waals surface area (Å²) in [5.41, 5.74) is 3.49. The Morgan fingerprint density at radius 1 is 1.16 bits per heavy atom. The van der Waals surface area contributed by atoms with Gasteiger partial charge in [0.25, 0.3) is 5.71 Å². The van der Waals surface area contributed by atoms with Crippen LogP contribution in [0.1, 0.15) is 18.4 Å². The lowest BCUT2D eigenvalue weighted by molar-refractivity contribution is -0.120. The Labute approximate surface area is 184 Å². The SMILES string of the molecule is Cc1ccccc1NC(=O)[C@@H]1CCCN(c2ncnc3onc(-c4ccc(F)cc4)c23)C1. The number of amides is 1. The van der Waals surface area contributed by atoms with Gasteiger partial charge in [-0.2, -0.15) is 4.98 Å². The maximum absolute atomic E-state index is 13.4. The molecule has 1 atom stereocenters. The molecule has 1 saturated heterocycles. The van der Waals surface area contributed by atoms with Gasteiger partial charge in [-0.05, 0) is 55.7 Å². The van der Waals surface area contributed by atoms with Crippen LogP contribution in [0.2, 0.25) is 0 Å². The molecule has 3 heterocycles. The van der Waals surface area contributed by atoms with Crippen molar-refractivity contribution in [3.63, 3.8) is 0 Å². The standard InChI is InChI=1S/C24H22FN5O2/c1-15-5-2-3-7-19(15)28-23(31)17-6-4-12-30(13-17)22-20-21(16-8-10-18(25)11-9-16)29-32-24(20)27-14-26-22/h2-3,5,7-11,14,17H,4,6,12-13H2,1H3,(H,28,31)/t17-/m1/s1. The molecule has 0 saturated carbocycles. The van der Waals surface area contributed by atoms with E-state index in [1.807, 2.05) is 31.2 Å². The van der Waals surface area contributed by atoms with E-state index in [0.29, 0.717) is 34.7 Å². The first-order valence-corrected chi connectivity index (χ1v) is 10.6. The van der Waals surface area contributed by atoms with Crippen LogP contribution in [0.15, 0.2) is 59.4 Å². The maximum atomic E-state index is 13.4. The fourth-order valence-electron chi connectivity index (χ4n) is 4.15. The van der Waals surface area contributed by atoms with Crippen LogP contribution >= 0.6 is 0 Å². The highest BCUT2D eigenvalue weighted by molar-refractivity contribution is 5.98. The number of hydrogen-bond acceptors (Lipinski definition) is 6. The van der Waals surface area contributed by atoms with E-state index < -0.39 is 0 Å². The van der Waals surface area contributed by atoms with E-state index in [2.05, 4.69) is 25.3 Å². The van der Waals surface area contributed by atoms with Gasteiger partial charge in [0, 0.05) is 24.3 Å². The zero-order valence-electron chi connectivity index (χ0n) is 17.6. The lowest BCUT2D eigenvalue weighted by atomic mass is 9.96. The third-order valence-corrected chi connectivity index (χ3v) is 5.86. The molecule has 0 unspecified atom stereocenters. The maximum Gasteiger partial charge on any atom is 0.263 e. The molecule has 5 rings (SSSR count). The van der Waals surface area contributed by atoms with Crippen molar-refractivity contribution in [1.82, 2.24) is 15.1 Å². The Morgan fingerprint density at radius 3 is 2.78 bits per heavy atom. The van der Waals surface area contributed by atoms with Crippen molar-refractivity contribution in [2.75, 3.05) is 23.3 Å². The van der Waals surface area contributed by atoms with Crippen LogP contribution in [-0.2, 0) is 4.79 Å². The van der Waals surface area contributed by atoms with Crippen LogP contribution in [0.25, 0.3) is 22.4 Å². The highest BCUT2D eigenvalue weighted by Crippen LogP contribution is 2.35. The summed E-state index contributed by atoms with van der Waals surface area (Å²) in [7, 11) is 0. The highest BCUT2D eigenvalue weighted by atomic mass is 19.1. The molecular weight excluding hydrogens is 409 g/mol. The van der Waals surface area contributed by atoms with Gasteiger partial charge in [-0.25, -0.2) is 9.37 Å². The van der Waals surface area contributed by atoms with Crippen molar-refractivity contribution in [3.05, 3.63) is 66.2 Å². The van der Waals surface area contributed by atoms with Crippen molar-refractivity contribution >= 4 is 28.5 Å². The second-order valence-corrected chi connectivity index (χ2v) is 8.00. The van der Waals surface area contributed by atoms with Gasteiger partial charge in [0.1, 0.15) is 29.0 Å². The van der Waals surface area contributed by atoms with E-state index >= 15 is 0 Å². The van der Waals surface area contributed by atoms with Gasteiger partial charge in [0.2, 0.25) is 5.91 Å². The van der Waals surface area contributed by atoms with Crippen LogP contribution in [0.3, 0.4) is 0 Å². The molecule has 2 aromatic carbocycles. The number of nitrogens with one attached hydrogen (secondary N) is 1. The predicted octanol–water partition coefficient (Wildman–Crippen LogP) is 4.59. The molecule has 32 heavy (non-hydrogen) atoms. The van der Waals surface area contributed by atoms with E-state index in [-0.39, 0.29) is 17.6 Å². The molecule has 1 amide bonds. The van der Waals surface area contributed by atoms with Gasteiger partial charge in [0.15, 0.2) is 0 Å². The van der Waals surface area contributed by atoms with Crippen molar-refractivity contribution in [3.8, 4) is 11.3 Å². The Kier molecular flexibility index (Phi) is 5.26. The first-order chi connectivity index (χ1) is 15.6. The van der Waals surface area contributed by atoms with E-state index in [0.717, 1.165) is 30.6 Å². The van der Waals surface area contributed by atoms with Crippen molar-refractivity contribution < 1.29 is 13.7 Å². The molecule has 1 fully saturated rings. The molecule has 162 valence electrons. The third-order valence-electron chi connectivity index (χ3n) is 5.86. The Hall–Kier alpha value is -3.81. The fourth-order valence-corrected chi connectivity index (χ4v) is 4.15. The average molecular weight is 431 g/mol. The minimum Gasteiger partial charge on any atom is -0.355 e. The van der Waals surface area contributed by atoms with Gasteiger partial charge in [0.05, 0.1) is 5.92 Å². The molecule has 0 spiro atoms. The summed E-state index contributed by atoms with van der Waals surface area (Å²) in [5.74, 6) is 0.168. The quantitative estimate of drug-likeness (QED) is 0.509. The molecule has 4 aromatic rings. The Morgan fingerprint density at radius 2 is 1.97 bits per heavy atom. The molecule has 8 heteroatoms. The number of fused-ring (bicyclic) bond motifs is 1. The third kappa shape index (κ3) is 3.79. The number of benzene rings is 2. The summed E-state index contributed by atoms with van der Waals surface area (Å²) in [5, 5.41) is 7.89. The number of halogens is 1. The van der Waals surface area contributed by atoms with Crippen molar-refractivity contribution in [2.45, 2.75) is 19.8 Å². The summed E-state index contributed by atoms with van der Waals surface area (Å²) in [6.45, 7) is 3.26. The first-order valence-electron chi connectivity index (χ1n) is 10.6. The van der Waals surface area contributed by atoms with Gasteiger partial charge in [-0.3, -0.25) is 4.79 Å². The number of hydrogen-bond donors (Lipinski definition) is 1. The predicted molar refractivity (Wildman–Crippen MR) is 120 cm³/mol. The topological polar surface area (TPSA) is 84.2 Å². The first kappa shape index (κ1) is 20.1. The lowest BCUT2D eigenvalue weighted by Gasteiger charge is -2.33. The molecule has 0 bridgehead atoms. The number of aromatic nitrogens is 3. The lowest BCUT2D eigenvalue weighted by Crippen LogP contribution is -2.41. The zero-order chi connectivity index (χ0) is 22.1. The summed E-state index contributed by atoms with van der Waals surface area (Å²) in [4.78, 5) is 23.8. The zero-order valence-corrected chi connectivity index (χ0v) is 17.6. The number of piperidine rings is 1. The number of nitrogens with zero attached hydrogens (tertiary/aromatic N) is 4. The molecule has 1 aliphatic rings. The van der Waals surface area contributed by atoms with E-state index in [9.17, 15) is 9.18 Å². The normalized spacial score (nSPS) is 16.3. The van der Waals surface area contributed by atoms with Crippen molar-refractivity contribution in [2.24, 2.45) is 5.92 Å². The van der Waals surface area contributed by atoms with Crippen molar-refractivity contribution in [1.29, 1.82) is 0 Å². The smallest absolute Gasteiger partial charge is 0.263 e. The number of rotatable bonds is 4. The van der Waals surface area contributed by atoms with Gasteiger partial charge >= 0.3 is 0 Å². The number of carbonyl (C=O) groups is 1. The fraction of sp³-hybridized carbons (Fsp3) is 0.250. The molecule has 7 nitrogen and oxygen atoms in total. The van der Waals surface area contributed by atoms with Gasteiger partial charge in [-0.1, -0.05) is 23.4 Å². The minimum absolute atomic E-state index is 0.00150. The number of para-hydroxylation sites is 1. The molecular formula is C24H22FN5O2. The van der Waals surface area contributed by atoms with Gasteiger partial charge < -0.3 is 14.7 Å². The Bertz CT molecular complexity index is 1270. The van der Waals surface area contributed by atoms with Crippen LogP contribution in [0, 0.1) is 18.7 Å². The van der Waals surface area contributed by atoms with Crippen LogP contribution in [0.4, 0.5) is 15.9 Å². The minimum atomic E-state index is -0.323. The highest BCUT2D eigenvalue weighted by Gasteiger charge is 2.29. The Balaban J connectivity index is 1.44. The molecule has 1 aliphatic heterocycles. The van der Waals surface area contributed by atoms with E-state index in [1.54, 1.807) is 12.1 Å². The molecule has 2 aromatic heterocycles. The van der Waals surface area contributed by atoms with E-state index in [4.69, 9.17) is 4.52 Å². The molecule has 1 N–H and O–H groups in total. The number of carbonyl (C=O) groups excluding carboxylic acids is 1. The molecule has 0 aliphatic carbocycles. The van der Waals surface area contributed by atoms with Crippen LogP contribution in [-0.4, -0.2) is 34.1 Å².